The molecule has 2 aliphatic heterocycles. The molecule has 9 nitrogen and oxygen atoms in total. The molecule has 29 heavy (non-hydrogen) atoms. The lowest BCUT2D eigenvalue weighted by molar-refractivity contribution is -0.125. The Bertz CT molecular complexity index is 957. The van der Waals surface area contributed by atoms with Crippen LogP contribution in [0.25, 0.3) is 0 Å². The van der Waals surface area contributed by atoms with Crippen molar-refractivity contribution in [2.75, 3.05) is 18.1 Å². The number of carbonyl (C=O) groups excluding carboxylic acids is 2. The van der Waals surface area contributed by atoms with E-state index in [9.17, 15) is 14.0 Å². The number of hydrogen-bond acceptors (Lipinski definition) is 7. The fourth-order valence-electron chi connectivity index (χ4n) is 3.72. The molecule has 2 atom stereocenters. The number of piperidine rings is 1. The second kappa shape index (κ2) is 7.61. The fourth-order valence-corrected chi connectivity index (χ4v) is 3.72. The Morgan fingerprint density at radius 3 is 2.69 bits per heavy atom. The van der Waals surface area contributed by atoms with Gasteiger partial charge in [0, 0.05) is 19.5 Å². The minimum absolute atomic E-state index is 0.0314. The van der Waals surface area contributed by atoms with E-state index in [-0.39, 0.29) is 24.0 Å². The van der Waals surface area contributed by atoms with Gasteiger partial charge in [0.1, 0.15) is 17.6 Å². The van der Waals surface area contributed by atoms with E-state index >= 15 is 0 Å². The van der Waals surface area contributed by atoms with Gasteiger partial charge >= 0.3 is 0 Å². The zero-order valence-electron chi connectivity index (χ0n) is 15.9. The second-order valence-electron chi connectivity index (χ2n) is 7.26. The van der Waals surface area contributed by atoms with E-state index in [0.29, 0.717) is 30.5 Å². The van der Waals surface area contributed by atoms with Gasteiger partial charge in [-0.15, -0.1) is 0 Å². The third-order valence-electron chi connectivity index (χ3n) is 5.18. The SMILES string of the molecule is Cc1noc(C2CCCN(C(=O)C3=NN(c4ccc(F)cc4)C(C(N)=O)C3)C2)n1. The molecule has 2 unspecified atom stereocenters. The number of carbonyl (C=O) groups is 2. The predicted octanol–water partition coefficient (Wildman–Crippen LogP) is 1.34. The van der Waals surface area contributed by atoms with Gasteiger partial charge in [0.15, 0.2) is 5.82 Å². The summed E-state index contributed by atoms with van der Waals surface area (Å²) in [6.45, 7) is 2.77. The van der Waals surface area contributed by atoms with Crippen LogP contribution in [-0.2, 0) is 9.59 Å². The third kappa shape index (κ3) is 3.82. The number of nitrogens with zero attached hydrogens (tertiary/aromatic N) is 5. The number of primary amides is 1. The molecular formula is C19H21FN6O3. The van der Waals surface area contributed by atoms with Crippen molar-refractivity contribution in [3.8, 4) is 0 Å². The molecule has 0 radical (unpaired) electrons. The van der Waals surface area contributed by atoms with Gasteiger partial charge in [0.2, 0.25) is 11.8 Å². The Morgan fingerprint density at radius 2 is 2.03 bits per heavy atom. The average Bonchev–Trinajstić information content (AvgIpc) is 3.35. The summed E-state index contributed by atoms with van der Waals surface area (Å²) in [5, 5.41) is 9.56. The van der Waals surface area contributed by atoms with E-state index in [4.69, 9.17) is 10.3 Å². The van der Waals surface area contributed by atoms with Gasteiger partial charge in [-0.1, -0.05) is 5.16 Å². The van der Waals surface area contributed by atoms with Crippen LogP contribution in [0.4, 0.5) is 10.1 Å². The van der Waals surface area contributed by atoms with Crippen molar-refractivity contribution in [1.82, 2.24) is 15.0 Å². The quantitative estimate of drug-likeness (QED) is 0.828. The van der Waals surface area contributed by atoms with Crippen molar-refractivity contribution in [3.63, 3.8) is 0 Å². The van der Waals surface area contributed by atoms with Crippen molar-refractivity contribution >= 4 is 23.2 Å². The second-order valence-corrected chi connectivity index (χ2v) is 7.26. The largest absolute Gasteiger partial charge is 0.368 e. The van der Waals surface area contributed by atoms with Crippen LogP contribution in [0.15, 0.2) is 33.9 Å². The number of halogens is 1. The van der Waals surface area contributed by atoms with Gasteiger partial charge in [-0.2, -0.15) is 10.1 Å². The molecule has 1 fully saturated rings. The highest BCUT2D eigenvalue weighted by atomic mass is 19.1. The first-order valence-corrected chi connectivity index (χ1v) is 9.43. The maximum atomic E-state index is 13.2. The molecule has 0 spiro atoms. The molecule has 3 heterocycles. The minimum Gasteiger partial charge on any atom is -0.368 e. The van der Waals surface area contributed by atoms with Gasteiger partial charge in [-0.3, -0.25) is 14.6 Å². The van der Waals surface area contributed by atoms with Crippen LogP contribution >= 0.6 is 0 Å². The van der Waals surface area contributed by atoms with Crippen LogP contribution in [-0.4, -0.2) is 51.7 Å². The molecule has 2 aliphatic rings. The van der Waals surface area contributed by atoms with Crippen molar-refractivity contribution in [2.45, 2.75) is 38.1 Å². The standard InChI is InChI=1S/C19H21FN6O3/c1-11-22-18(29-24-11)12-3-2-8-25(10-12)19(28)15-9-16(17(21)27)26(23-15)14-6-4-13(20)5-7-14/h4-7,12,16H,2-3,8-10H2,1H3,(H2,21,27). The van der Waals surface area contributed by atoms with Crippen LogP contribution in [0, 0.1) is 12.7 Å². The van der Waals surface area contributed by atoms with Crippen LogP contribution in [0.1, 0.15) is 36.9 Å². The number of hydrazone groups is 1. The monoisotopic (exact) mass is 400 g/mol. The number of rotatable bonds is 4. The Labute approximate surface area is 166 Å². The van der Waals surface area contributed by atoms with Gasteiger partial charge in [0.25, 0.3) is 5.91 Å². The topological polar surface area (TPSA) is 118 Å². The van der Waals surface area contributed by atoms with Crippen molar-refractivity contribution in [1.29, 1.82) is 0 Å². The summed E-state index contributed by atoms with van der Waals surface area (Å²) in [6, 6.07) is 4.74. The zero-order valence-corrected chi connectivity index (χ0v) is 15.9. The Kier molecular flexibility index (Phi) is 4.99. The molecule has 1 aromatic heterocycles. The number of anilines is 1. The Hall–Kier alpha value is -3.30. The summed E-state index contributed by atoms with van der Waals surface area (Å²) in [4.78, 5) is 31.0. The van der Waals surface area contributed by atoms with Gasteiger partial charge in [-0.25, -0.2) is 4.39 Å². The smallest absolute Gasteiger partial charge is 0.270 e. The van der Waals surface area contributed by atoms with Crippen LogP contribution in [0.3, 0.4) is 0 Å². The van der Waals surface area contributed by atoms with Gasteiger partial charge in [0.05, 0.1) is 11.6 Å². The van der Waals surface area contributed by atoms with E-state index < -0.39 is 17.8 Å². The summed E-state index contributed by atoms with van der Waals surface area (Å²) in [6.07, 6.45) is 1.75. The van der Waals surface area contributed by atoms with E-state index in [1.54, 1.807) is 11.8 Å². The lowest BCUT2D eigenvalue weighted by Gasteiger charge is -2.30. The molecule has 10 heteroatoms. The molecule has 2 amide bonds. The zero-order chi connectivity index (χ0) is 20.5. The summed E-state index contributed by atoms with van der Waals surface area (Å²) >= 11 is 0. The lowest BCUT2D eigenvalue weighted by atomic mass is 9.97. The number of likely N-dealkylation sites (tertiary alicyclic amines) is 1. The van der Waals surface area contributed by atoms with Crippen LogP contribution in [0.5, 0.6) is 0 Å². The molecule has 2 aromatic rings. The fraction of sp³-hybridized carbons (Fsp3) is 0.421. The number of hydrogen-bond donors (Lipinski definition) is 1. The van der Waals surface area contributed by atoms with Gasteiger partial charge in [-0.05, 0) is 44.0 Å². The molecule has 0 saturated carbocycles. The number of amides is 2. The maximum Gasteiger partial charge on any atom is 0.270 e. The normalized spacial score (nSPS) is 21.9. The van der Waals surface area contributed by atoms with Crippen molar-refractivity contribution in [2.24, 2.45) is 10.8 Å². The van der Waals surface area contributed by atoms with E-state index in [1.165, 1.54) is 29.3 Å². The molecule has 2 N–H and O–H groups in total. The average molecular weight is 400 g/mol. The first-order valence-electron chi connectivity index (χ1n) is 9.43. The van der Waals surface area contributed by atoms with Crippen LogP contribution < -0.4 is 10.7 Å². The minimum atomic E-state index is -0.793. The highest BCUT2D eigenvalue weighted by Gasteiger charge is 2.38. The van der Waals surface area contributed by atoms with Crippen molar-refractivity contribution < 1.29 is 18.5 Å². The summed E-state index contributed by atoms with van der Waals surface area (Å²) < 4.78 is 18.5. The van der Waals surface area contributed by atoms with E-state index in [0.717, 1.165) is 12.8 Å². The molecule has 152 valence electrons. The third-order valence-corrected chi connectivity index (χ3v) is 5.18. The lowest BCUT2D eigenvalue weighted by Crippen LogP contribution is -2.43. The van der Waals surface area contributed by atoms with Crippen molar-refractivity contribution in [3.05, 3.63) is 41.8 Å². The molecule has 4 rings (SSSR count). The predicted molar refractivity (Wildman–Crippen MR) is 102 cm³/mol. The highest BCUT2D eigenvalue weighted by Crippen LogP contribution is 2.29. The molecule has 0 bridgehead atoms. The van der Waals surface area contributed by atoms with Crippen LogP contribution in [0.2, 0.25) is 0 Å². The summed E-state index contributed by atoms with van der Waals surface area (Å²) in [7, 11) is 0. The van der Waals surface area contributed by atoms with E-state index in [2.05, 4.69) is 15.2 Å². The Balaban J connectivity index is 1.53. The number of benzene rings is 1. The van der Waals surface area contributed by atoms with E-state index in [1.807, 2.05) is 0 Å². The number of aryl methyl sites for hydroxylation is 1. The number of nitrogens with two attached hydrogens (primary N) is 1. The molecular weight excluding hydrogens is 379 g/mol. The molecule has 1 saturated heterocycles. The summed E-state index contributed by atoms with van der Waals surface area (Å²) in [5.41, 5.74) is 6.26. The Morgan fingerprint density at radius 1 is 1.28 bits per heavy atom. The first-order chi connectivity index (χ1) is 13.9. The molecule has 0 aliphatic carbocycles. The highest BCUT2D eigenvalue weighted by molar-refractivity contribution is 6.40. The number of aromatic nitrogens is 2. The summed E-state index contributed by atoms with van der Waals surface area (Å²) in [5.74, 6) is -0.199. The molecule has 1 aromatic carbocycles. The maximum absolute atomic E-state index is 13.2. The van der Waals surface area contributed by atoms with Gasteiger partial charge < -0.3 is 15.2 Å². The first kappa shape index (κ1) is 19.0.